The molecule has 0 spiro atoms. The lowest BCUT2D eigenvalue weighted by atomic mass is 10.2. The summed E-state index contributed by atoms with van der Waals surface area (Å²) in [6.07, 6.45) is 0. The zero-order chi connectivity index (χ0) is 11.4. The molecule has 2 N–H and O–H groups in total. The van der Waals surface area contributed by atoms with Crippen LogP contribution in [-0.4, -0.2) is 23.3 Å². The highest BCUT2D eigenvalue weighted by atomic mass is 16.4. The van der Waals surface area contributed by atoms with Crippen molar-refractivity contribution in [3.63, 3.8) is 0 Å². The summed E-state index contributed by atoms with van der Waals surface area (Å²) < 4.78 is 5.48. The maximum absolute atomic E-state index is 5.66. The Morgan fingerprint density at radius 2 is 2.00 bits per heavy atom. The number of aromatic nitrogens is 2. The van der Waals surface area contributed by atoms with E-state index in [-0.39, 0.29) is 6.04 Å². The van der Waals surface area contributed by atoms with Crippen LogP contribution < -0.4 is 10.6 Å². The maximum Gasteiger partial charge on any atom is 0.318 e. The largest absolute Gasteiger partial charge is 0.406 e. The number of rotatable bonds is 5. The smallest absolute Gasteiger partial charge is 0.318 e. The Labute approximate surface area is 90.7 Å². The summed E-state index contributed by atoms with van der Waals surface area (Å²) in [6, 6.07) is 0.363. The van der Waals surface area contributed by atoms with Crippen LogP contribution in [0.2, 0.25) is 0 Å². The fourth-order valence-corrected chi connectivity index (χ4v) is 1.32. The molecule has 1 aromatic rings. The van der Waals surface area contributed by atoms with Crippen molar-refractivity contribution < 1.29 is 4.42 Å². The highest BCUT2D eigenvalue weighted by Gasteiger charge is 2.15. The van der Waals surface area contributed by atoms with Crippen LogP contribution in [0.25, 0.3) is 0 Å². The molecule has 5 nitrogen and oxygen atoms in total. The van der Waals surface area contributed by atoms with Crippen molar-refractivity contribution in [3.8, 4) is 0 Å². The Hall–Kier alpha value is -1.10. The number of anilines is 1. The fraction of sp³-hybridized carbons (Fsp3) is 0.800. The van der Waals surface area contributed by atoms with Gasteiger partial charge in [-0.25, -0.2) is 0 Å². The minimum absolute atomic E-state index is 0.205. The van der Waals surface area contributed by atoms with Crippen LogP contribution >= 0.6 is 0 Å². The van der Waals surface area contributed by atoms with Gasteiger partial charge in [0.25, 0.3) is 0 Å². The standard InChI is InChI=1S/C10H20N4O/c1-5-14(6-7(2)3)10-13-12-9(15-10)8(4)11/h7-8H,5-6,11H2,1-4H3. The second kappa shape index (κ2) is 5.11. The first kappa shape index (κ1) is 12.0. The van der Waals surface area contributed by atoms with Gasteiger partial charge in [0.2, 0.25) is 5.89 Å². The van der Waals surface area contributed by atoms with E-state index in [2.05, 4.69) is 35.9 Å². The molecule has 0 bridgehead atoms. The molecule has 1 atom stereocenters. The molecule has 0 saturated carbocycles. The van der Waals surface area contributed by atoms with E-state index in [0.29, 0.717) is 17.8 Å². The van der Waals surface area contributed by atoms with Crippen molar-refractivity contribution in [3.05, 3.63) is 5.89 Å². The van der Waals surface area contributed by atoms with E-state index in [4.69, 9.17) is 10.2 Å². The minimum atomic E-state index is -0.205. The van der Waals surface area contributed by atoms with Gasteiger partial charge in [0.05, 0.1) is 6.04 Å². The van der Waals surface area contributed by atoms with E-state index in [0.717, 1.165) is 13.1 Å². The van der Waals surface area contributed by atoms with Crippen LogP contribution in [0.1, 0.15) is 39.6 Å². The molecule has 0 aliphatic heterocycles. The van der Waals surface area contributed by atoms with E-state index in [1.807, 2.05) is 6.92 Å². The average Bonchev–Trinajstić information content (AvgIpc) is 2.62. The Kier molecular flexibility index (Phi) is 4.08. The van der Waals surface area contributed by atoms with Crippen LogP contribution in [0, 0.1) is 5.92 Å². The Morgan fingerprint density at radius 3 is 2.40 bits per heavy atom. The molecule has 0 aliphatic carbocycles. The van der Waals surface area contributed by atoms with E-state index >= 15 is 0 Å². The zero-order valence-corrected chi connectivity index (χ0v) is 9.90. The Bertz CT molecular complexity index is 295. The number of hydrogen-bond donors (Lipinski definition) is 1. The molecule has 0 saturated heterocycles. The summed E-state index contributed by atoms with van der Waals surface area (Å²) >= 11 is 0. The monoisotopic (exact) mass is 212 g/mol. The molecule has 0 amide bonds. The molecular weight excluding hydrogens is 192 g/mol. The average molecular weight is 212 g/mol. The van der Waals surface area contributed by atoms with Gasteiger partial charge in [-0.15, -0.1) is 5.10 Å². The summed E-state index contributed by atoms with van der Waals surface area (Å²) in [5, 5.41) is 7.90. The van der Waals surface area contributed by atoms with Gasteiger partial charge in [-0.3, -0.25) is 0 Å². The molecule has 0 aliphatic rings. The topological polar surface area (TPSA) is 68.2 Å². The van der Waals surface area contributed by atoms with E-state index in [1.54, 1.807) is 0 Å². The van der Waals surface area contributed by atoms with E-state index < -0.39 is 0 Å². The molecule has 0 aromatic carbocycles. The van der Waals surface area contributed by atoms with Crippen molar-refractivity contribution in [1.29, 1.82) is 0 Å². The van der Waals surface area contributed by atoms with Gasteiger partial charge >= 0.3 is 6.01 Å². The highest BCUT2D eigenvalue weighted by Crippen LogP contribution is 2.16. The summed E-state index contributed by atoms with van der Waals surface area (Å²) in [7, 11) is 0. The summed E-state index contributed by atoms with van der Waals surface area (Å²) in [6.45, 7) is 9.99. The van der Waals surface area contributed by atoms with Gasteiger partial charge < -0.3 is 15.1 Å². The normalized spacial score (nSPS) is 13.2. The SMILES string of the molecule is CCN(CC(C)C)c1nnc(C(C)N)o1. The maximum atomic E-state index is 5.66. The molecule has 15 heavy (non-hydrogen) atoms. The van der Waals surface area contributed by atoms with Crippen molar-refractivity contribution in [2.45, 2.75) is 33.7 Å². The predicted molar refractivity (Wildman–Crippen MR) is 59.6 cm³/mol. The van der Waals surface area contributed by atoms with Gasteiger partial charge in [-0.1, -0.05) is 18.9 Å². The van der Waals surface area contributed by atoms with Crippen molar-refractivity contribution >= 4 is 6.01 Å². The van der Waals surface area contributed by atoms with Crippen LogP contribution in [0.3, 0.4) is 0 Å². The van der Waals surface area contributed by atoms with Gasteiger partial charge in [-0.05, 0) is 19.8 Å². The minimum Gasteiger partial charge on any atom is -0.406 e. The van der Waals surface area contributed by atoms with Gasteiger partial charge in [0, 0.05) is 13.1 Å². The molecule has 86 valence electrons. The highest BCUT2D eigenvalue weighted by molar-refractivity contribution is 5.23. The number of hydrogen-bond acceptors (Lipinski definition) is 5. The third-order valence-corrected chi connectivity index (χ3v) is 2.06. The number of nitrogens with two attached hydrogens (primary N) is 1. The van der Waals surface area contributed by atoms with Crippen molar-refractivity contribution in [2.24, 2.45) is 11.7 Å². The first-order valence-electron chi connectivity index (χ1n) is 5.38. The first-order valence-corrected chi connectivity index (χ1v) is 5.38. The molecule has 1 heterocycles. The summed E-state index contributed by atoms with van der Waals surface area (Å²) in [5.41, 5.74) is 5.66. The second-order valence-electron chi connectivity index (χ2n) is 4.14. The van der Waals surface area contributed by atoms with Gasteiger partial charge in [0.1, 0.15) is 0 Å². The lowest BCUT2D eigenvalue weighted by Crippen LogP contribution is -2.27. The van der Waals surface area contributed by atoms with Gasteiger partial charge in [0.15, 0.2) is 0 Å². The van der Waals surface area contributed by atoms with Crippen LogP contribution in [0.5, 0.6) is 0 Å². The predicted octanol–water partition coefficient (Wildman–Crippen LogP) is 1.57. The Balaban J connectivity index is 2.74. The third kappa shape index (κ3) is 3.20. The van der Waals surface area contributed by atoms with E-state index in [9.17, 15) is 0 Å². The van der Waals surface area contributed by atoms with Crippen LogP contribution in [0.4, 0.5) is 6.01 Å². The molecule has 1 rings (SSSR count). The molecule has 1 unspecified atom stereocenters. The van der Waals surface area contributed by atoms with Crippen molar-refractivity contribution in [2.75, 3.05) is 18.0 Å². The zero-order valence-electron chi connectivity index (χ0n) is 9.90. The second-order valence-corrected chi connectivity index (χ2v) is 4.14. The third-order valence-electron chi connectivity index (χ3n) is 2.06. The lowest BCUT2D eigenvalue weighted by molar-refractivity contribution is 0.449. The van der Waals surface area contributed by atoms with Crippen LogP contribution in [0.15, 0.2) is 4.42 Å². The van der Waals surface area contributed by atoms with Crippen molar-refractivity contribution in [1.82, 2.24) is 10.2 Å². The molecule has 0 radical (unpaired) electrons. The lowest BCUT2D eigenvalue weighted by Gasteiger charge is -2.19. The quantitative estimate of drug-likeness (QED) is 0.802. The fourth-order valence-electron chi connectivity index (χ4n) is 1.32. The molecule has 0 fully saturated rings. The molecule has 1 aromatic heterocycles. The number of nitrogens with zero attached hydrogens (tertiary/aromatic N) is 3. The summed E-state index contributed by atoms with van der Waals surface area (Å²) in [5.74, 6) is 1.06. The molecule has 5 heteroatoms. The van der Waals surface area contributed by atoms with Gasteiger partial charge in [-0.2, -0.15) is 0 Å². The summed E-state index contributed by atoms with van der Waals surface area (Å²) in [4.78, 5) is 2.06. The van der Waals surface area contributed by atoms with E-state index in [1.165, 1.54) is 0 Å². The molecular formula is C10H20N4O. The Morgan fingerprint density at radius 1 is 1.33 bits per heavy atom. The first-order chi connectivity index (χ1) is 7.04. The van der Waals surface area contributed by atoms with Crippen LogP contribution in [-0.2, 0) is 0 Å².